The zero-order valence-electron chi connectivity index (χ0n) is 12.0. The third-order valence-electron chi connectivity index (χ3n) is 5.30. The van der Waals surface area contributed by atoms with Gasteiger partial charge in [0.2, 0.25) is 0 Å². The number of nitrogens with zero attached hydrogens (tertiary/aromatic N) is 1. The van der Waals surface area contributed by atoms with Gasteiger partial charge in [0.1, 0.15) is 0 Å². The lowest BCUT2D eigenvalue weighted by molar-refractivity contribution is 0.0795. The molecule has 2 fully saturated rings. The van der Waals surface area contributed by atoms with Crippen LogP contribution in [0.25, 0.3) is 0 Å². The van der Waals surface area contributed by atoms with E-state index in [1.54, 1.807) is 0 Å². The summed E-state index contributed by atoms with van der Waals surface area (Å²) in [6.07, 6.45) is 0. The van der Waals surface area contributed by atoms with Gasteiger partial charge in [0, 0.05) is 30.7 Å². The molecule has 16 heavy (non-hydrogen) atoms. The maximum Gasteiger partial charge on any atom is 0.0253 e. The molecule has 0 aromatic heterocycles. The Morgan fingerprint density at radius 2 is 1.50 bits per heavy atom. The SMILES string of the molecule is CC1CNC(C)(C)CN1C1C(C)(C)C1(C)C. The van der Waals surface area contributed by atoms with Gasteiger partial charge in [0.05, 0.1) is 0 Å². The summed E-state index contributed by atoms with van der Waals surface area (Å²) in [5, 5.41) is 3.63. The van der Waals surface area contributed by atoms with Gasteiger partial charge >= 0.3 is 0 Å². The molecule has 1 saturated carbocycles. The Labute approximate surface area is 101 Å². The van der Waals surface area contributed by atoms with Crippen molar-refractivity contribution in [2.75, 3.05) is 13.1 Å². The Hall–Kier alpha value is -0.0800. The molecule has 1 heterocycles. The summed E-state index contributed by atoms with van der Waals surface area (Å²) in [6, 6.07) is 1.41. The van der Waals surface area contributed by atoms with E-state index in [1.165, 1.54) is 6.54 Å². The van der Waals surface area contributed by atoms with Crippen molar-refractivity contribution in [1.82, 2.24) is 10.2 Å². The fourth-order valence-electron chi connectivity index (χ4n) is 3.55. The minimum Gasteiger partial charge on any atom is -0.309 e. The van der Waals surface area contributed by atoms with Crippen LogP contribution in [0.4, 0.5) is 0 Å². The summed E-state index contributed by atoms with van der Waals surface area (Å²) in [7, 11) is 0. The van der Waals surface area contributed by atoms with Gasteiger partial charge < -0.3 is 5.32 Å². The average molecular weight is 224 g/mol. The molecule has 1 aliphatic carbocycles. The molecule has 0 radical (unpaired) electrons. The van der Waals surface area contributed by atoms with Crippen molar-refractivity contribution in [2.24, 2.45) is 10.8 Å². The van der Waals surface area contributed by atoms with Crippen molar-refractivity contribution in [3.63, 3.8) is 0 Å². The molecule has 0 amide bonds. The minimum absolute atomic E-state index is 0.265. The van der Waals surface area contributed by atoms with E-state index in [0.717, 1.165) is 12.6 Å². The van der Waals surface area contributed by atoms with Crippen LogP contribution in [0.15, 0.2) is 0 Å². The normalized spacial score (nSPS) is 37.3. The molecule has 2 heteroatoms. The van der Waals surface area contributed by atoms with Crippen molar-refractivity contribution >= 4 is 0 Å². The maximum atomic E-state index is 3.63. The fourth-order valence-corrected chi connectivity index (χ4v) is 3.55. The second-order valence-electron chi connectivity index (χ2n) is 7.63. The molecule has 0 aromatic carbocycles. The van der Waals surface area contributed by atoms with Crippen molar-refractivity contribution in [1.29, 1.82) is 0 Å². The first kappa shape index (κ1) is 12.4. The molecule has 0 aromatic rings. The van der Waals surface area contributed by atoms with Gasteiger partial charge in [0.15, 0.2) is 0 Å². The molecular weight excluding hydrogens is 196 g/mol. The molecule has 2 aliphatic rings. The van der Waals surface area contributed by atoms with Crippen molar-refractivity contribution in [3.05, 3.63) is 0 Å². The van der Waals surface area contributed by atoms with Gasteiger partial charge in [-0.15, -0.1) is 0 Å². The zero-order chi connectivity index (χ0) is 12.4. The summed E-state index contributed by atoms with van der Waals surface area (Å²) < 4.78 is 0. The van der Waals surface area contributed by atoms with Crippen LogP contribution in [0.3, 0.4) is 0 Å². The Morgan fingerprint density at radius 1 is 1.00 bits per heavy atom. The molecule has 2 nitrogen and oxygen atoms in total. The minimum atomic E-state index is 0.265. The second-order valence-corrected chi connectivity index (χ2v) is 7.63. The van der Waals surface area contributed by atoms with E-state index in [0.29, 0.717) is 16.9 Å². The summed E-state index contributed by atoms with van der Waals surface area (Å²) in [4.78, 5) is 2.73. The van der Waals surface area contributed by atoms with Crippen LogP contribution in [0.5, 0.6) is 0 Å². The Morgan fingerprint density at radius 3 is 1.94 bits per heavy atom. The lowest BCUT2D eigenvalue weighted by atomic mass is 9.98. The molecule has 1 aliphatic heterocycles. The van der Waals surface area contributed by atoms with Gasteiger partial charge in [-0.25, -0.2) is 0 Å². The van der Waals surface area contributed by atoms with Crippen LogP contribution in [-0.4, -0.2) is 35.6 Å². The highest BCUT2D eigenvalue weighted by Crippen LogP contribution is 2.65. The average Bonchev–Trinajstić information content (AvgIpc) is 2.49. The maximum absolute atomic E-state index is 3.63. The quantitative estimate of drug-likeness (QED) is 0.736. The first-order valence-electron chi connectivity index (χ1n) is 6.60. The third-order valence-corrected chi connectivity index (χ3v) is 5.30. The van der Waals surface area contributed by atoms with Crippen molar-refractivity contribution in [3.8, 4) is 0 Å². The molecule has 1 unspecified atom stereocenters. The number of nitrogens with one attached hydrogen (secondary N) is 1. The van der Waals surface area contributed by atoms with E-state index >= 15 is 0 Å². The monoisotopic (exact) mass is 224 g/mol. The van der Waals surface area contributed by atoms with Crippen LogP contribution in [0.1, 0.15) is 48.5 Å². The molecular formula is C14H28N2. The van der Waals surface area contributed by atoms with Gasteiger partial charge in [-0.1, -0.05) is 27.7 Å². The number of hydrogen-bond acceptors (Lipinski definition) is 2. The van der Waals surface area contributed by atoms with Gasteiger partial charge in [-0.05, 0) is 31.6 Å². The van der Waals surface area contributed by atoms with E-state index in [2.05, 4.69) is 58.7 Å². The second kappa shape index (κ2) is 3.23. The van der Waals surface area contributed by atoms with Gasteiger partial charge in [-0.2, -0.15) is 0 Å². The molecule has 0 spiro atoms. The topological polar surface area (TPSA) is 15.3 Å². The largest absolute Gasteiger partial charge is 0.309 e. The summed E-state index contributed by atoms with van der Waals surface area (Å²) >= 11 is 0. The van der Waals surface area contributed by atoms with Gasteiger partial charge in [-0.3, -0.25) is 4.90 Å². The summed E-state index contributed by atoms with van der Waals surface area (Å²) in [5.74, 6) is 0. The summed E-state index contributed by atoms with van der Waals surface area (Å²) in [6.45, 7) is 18.9. The van der Waals surface area contributed by atoms with Crippen LogP contribution in [0, 0.1) is 10.8 Å². The van der Waals surface area contributed by atoms with Gasteiger partial charge in [0.25, 0.3) is 0 Å². The van der Waals surface area contributed by atoms with Crippen LogP contribution >= 0.6 is 0 Å². The standard InChI is InChI=1S/C14H28N2/c1-10-8-15-12(2,3)9-16(10)11-13(4,5)14(11,6)7/h10-11,15H,8-9H2,1-7H3. The van der Waals surface area contributed by atoms with Crippen molar-refractivity contribution in [2.45, 2.75) is 66.1 Å². The highest BCUT2D eigenvalue weighted by atomic mass is 15.3. The smallest absolute Gasteiger partial charge is 0.0253 e. The van der Waals surface area contributed by atoms with E-state index in [-0.39, 0.29) is 5.54 Å². The molecule has 1 atom stereocenters. The van der Waals surface area contributed by atoms with E-state index in [9.17, 15) is 0 Å². The highest BCUT2D eigenvalue weighted by molar-refractivity contribution is 5.20. The first-order chi connectivity index (χ1) is 7.09. The molecule has 1 N–H and O–H groups in total. The molecule has 94 valence electrons. The Kier molecular flexibility index (Phi) is 2.50. The van der Waals surface area contributed by atoms with Crippen LogP contribution in [-0.2, 0) is 0 Å². The van der Waals surface area contributed by atoms with Crippen LogP contribution in [0.2, 0.25) is 0 Å². The molecule has 1 saturated heterocycles. The van der Waals surface area contributed by atoms with E-state index < -0.39 is 0 Å². The number of rotatable bonds is 1. The Bertz CT molecular complexity index is 277. The third kappa shape index (κ3) is 1.62. The lowest BCUT2D eigenvalue weighted by Crippen LogP contribution is -2.62. The zero-order valence-corrected chi connectivity index (χ0v) is 12.0. The number of piperazine rings is 1. The lowest BCUT2D eigenvalue weighted by Gasteiger charge is -2.44. The summed E-state index contributed by atoms with van der Waals surface area (Å²) in [5.41, 5.74) is 1.20. The van der Waals surface area contributed by atoms with Crippen LogP contribution < -0.4 is 5.32 Å². The predicted octanol–water partition coefficient (Wildman–Crippen LogP) is 2.49. The Balaban J connectivity index is 2.16. The highest BCUT2D eigenvalue weighted by Gasteiger charge is 2.67. The molecule has 2 rings (SSSR count). The molecule has 0 bridgehead atoms. The van der Waals surface area contributed by atoms with E-state index in [1.807, 2.05) is 0 Å². The van der Waals surface area contributed by atoms with Crippen molar-refractivity contribution < 1.29 is 0 Å². The fraction of sp³-hybridized carbons (Fsp3) is 1.00. The first-order valence-corrected chi connectivity index (χ1v) is 6.60. The number of hydrogen-bond donors (Lipinski definition) is 1. The predicted molar refractivity (Wildman–Crippen MR) is 69.6 cm³/mol. The van der Waals surface area contributed by atoms with E-state index in [4.69, 9.17) is 0 Å².